The molecule has 1 aromatic rings. The summed E-state index contributed by atoms with van der Waals surface area (Å²) in [5, 5.41) is 14.2. The number of nitro groups is 1. The highest BCUT2D eigenvalue weighted by Crippen LogP contribution is 2.32. The van der Waals surface area contributed by atoms with Crippen LogP contribution in [0.4, 0.5) is 15.8 Å². The van der Waals surface area contributed by atoms with Gasteiger partial charge in [0.25, 0.3) is 5.69 Å². The van der Waals surface area contributed by atoms with Crippen LogP contribution in [0.3, 0.4) is 0 Å². The normalized spacial score (nSPS) is 29.2. The molecule has 0 amide bonds. The van der Waals surface area contributed by atoms with Crippen LogP contribution in [0.25, 0.3) is 0 Å². The van der Waals surface area contributed by atoms with Crippen molar-refractivity contribution in [3.63, 3.8) is 0 Å². The fourth-order valence-corrected chi connectivity index (χ4v) is 3.12. The fourth-order valence-electron chi connectivity index (χ4n) is 3.12. The maximum Gasteiger partial charge on any atom is 0.295 e. The van der Waals surface area contributed by atoms with E-state index in [1.54, 1.807) is 0 Å². The number of nitrogens with one attached hydrogen (secondary N) is 1. The average molecular weight is 265 g/mol. The smallest absolute Gasteiger partial charge is 0.295 e. The number of benzene rings is 1. The van der Waals surface area contributed by atoms with Crippen LogP contribution in [-0.4, -0.2) is 35.5 Å². The maximum absolute atomic E-state index is 13.1. The highest BCUT2D eigenvalue weighted by molar-refractivity contribution is 5.62. The Bertz CT molecular complexity index is 509. The van der Waals surface area contributed by atoms with Crippen LogP contribution in [0.1, 0.15) is 12.8 Å². The van der Waals surface area contributed by atoms with Gasteiger partial charge in [-0.3, -0.25) is 10.1 Å². The van der Waals surface area contributed by atoms with E-state index >= 15 is 0 Å². The minimum absolute atomic E-state index is 0.180. The van der Waals surface area contributed by atoms with Gasteiger partial charge in [0.2, 0.25) is 0 Å². The lowest BCUT2D eigenvalue weighted by molar-refractivity contribution is -0.384. The predicted molar refractivity (Wildman–Crippen MR) is 69.6 cm³/mol. The second-order valence-corrected chi connectivity index (χ2v) is 5.31. The third-order valence-electron chi connectivity index (χ3n) is 4.13. The SMILES string of the molecule is O=[N+]([O-])c1cc(F)ccc1NC1CCN2CCC1C2. The lowest BCUT2D eigenvalue weighted by Gasteiger charge is -2.31. The lowest BCUT2D eigenvalue weighted by atomic mass is 9.94. The third-order valence-corrected chi connectivity index (χ3v) is 4.13. The molecule has 19 heavy (non-hydrogen) atoms. The maximum atomic E-state index is 13.1. The van der Waals surface area contributed by atoms with Crippen molar-refractivity contribution in [2.45, 2.75) is 18.9 Å². The van der Waals surface area contributed by atoms with Crippen molar-refractivity contribution in [3.05, 3.63) is 34.1 Å². The van der Waals surface area contributed by atoms with Gasteiger partial charge in [0, 0.05) is 19.1 Å². The van der Waals surface area contributed by atoms with Gasteiger partial charge in [-0.1, -0.05) is 0 Å². The molecule has 3 unspecified atom stereocenters. The van der Waals surface area contributed by atoms with Gasteiger partial charge in [0.1, 0.15) is 11.5 Å². The van der Waals surface area contributed by atoms with E-state index < -0.39 is 10.7 Å². The first-order valence-corrected chi connectivity index (χ1v) is 6.56. The highest BCUT2D eigenvalue weighted by Gasteiger charge is 2.34. The number of hydrogen-bond donors (Lipinski definition) is 1. The van der Waals surface area contributed by atoms with Gasteiger partial charge in [0.05, 0.1) is 11.0 Å². The number of anilines is 1. The Labute approximate surface area is 110 Å². The van der Waals surface area contributed by atoms with E-state index in [0.717, 1.165) is 38.5 Å². The molecule has 0 saturated carbocycles. The van der Waals surface area contributed by atoms with Crippen LogP contribution < -0.4 is 5.32 Å². The number of fused-ring (bicyclic) bond motifs is 2. The van der Waals surface area contributed by atoms with Gasteiger partial charge in [0.15, 0.2) is 0 Å². The van der Waals surface area contributed by atoms with Gasteiger partial charge in [-0.25, -0.2) is 4.39 Å². The van der Waals surface area contributed by atoms with E-state index in [9.17, 15) is 14.5 Å². The summed E-state index contributed by atoms with van der Waals surface area (Å²) < 4.78 is 13.1. The third kappa shape index (κ3) is 2.40. The number of rotatable bonds is 3. The molecule has 0 aromatic heterocycles. The second-order valence-electron chi connectivity index (χ2n) is 5.31. The Morgan fingerprint density at radius 1 is 1.37 bits per heavy atom. The minimum Gasteiger partial charge on any atom is -0.376 e. The van der Waals surface area contributed by atoms with Crippen LogP contribution >= 0.6 is 0 Å². The second kappa shape index (κ2) is 4.77. The molecule has 102 valence electrons. The van der Waals surface area contributed by atoms with Crippen molar-refractivity contribution in [1.82, 2.24) is 4.90 Å². The molecule has 6 heteroatoms. The Hall–Kier alpha value is -1.69. The molecule has 2 fully saturated rings. The Balaban J connectivity index is 1.81. The molecule has 0 spiro atoms. The molecule has 2 aliphatic heterocycles. The first-order valence-electron chi connectivity index (χ1n) is 6.56. The monoisotopic (exact) mass is 265 g/mol. The summed E-state index contributed by atoms with van der Waals surface area (Å²) in [4.78, 5) is 12.9. The van der Waals surface area contributed by atoms with Crippen LogP contribution in [-0.2, 0) is 0 Å². The first-order chi connectivity index (χ1) is 9.13. The van der Waals surface area contributed by atoms with Crippen molar-refractivity contribution >= 4 is 11.4 Å². The van der Waals surface area contributed by atoms with E-state index in [1.807, 2.05) is 0 Å². The van der Waals surface area contributed by atoms with Crippen LogP contribution in [0.15, 0.2) is 18.2 Å². The van der Waals surface area contributed by atoms with Gasteiger partial charge in [-0.2, -0.15) is 0 Å². The molecule has 3 rings (SSSR count). The summed E-state index contributed by atoms with van der Waals surface area (Å²) in [5.74, 6) is -0.0358. The van der Waals surface area contributed by atoms with E-state index in [1.165, 1.54) is 12.1 Å². The molecule has 2 bridgehead atoms. The Kier molecular flexibility index (Phi) is 3.10. The zero-order chi connectivity index (χ0) is 13.4. The van der Waals surface area contributed by atoms with Crippen molar-refractivity contribution in [2.24, 2.45) is 5.92 Å². The topological polar surface area (TPSA) is 58.4 Å². The van der Waals surface area contributed by atoms with Crippen molar-refractivity contribution in [2.75, 3.05) is 25.0 Å². The fraction of sp³-hybridized carbons (Fsp3) is 0.538. The number of piperidine rings is 1. The molecule has 3 atom stereocenters. The summed E-state index contributed by atoms with van der Waals surface area (Å²) >= 11 is 0. The lowest BCUT2D eigenvalue weighted by Crippen LogP contribution is -2.39. The summed E-state index contributed by atoms with van der Waals surface area (Å²) in [7, 11) is 0. The zero-order valence-electron chi connectivity index (χ0n) is 10.5. The van der Waals surface area contributed by atoms with Crippen LogP contribution in [0.2, 0.25) is 0 Å². The minimum atomic E-state index is -0.576. The quantitative estimate of drug-likeness (QED) is 0.672. The molecule has 0 radical (unpaired) electrons. The summed E-state index contributed by atoms with van der Waals surface area (Å²) in [6.45, 7) is 3.21. The number of nitro benzene ring substituents is 1. The van der Waals surface area contributed by atoms with Crippen molar-refractivity contribution < 1.29 is 9.31 Å². The molecular weight excluding hydrogens is 249 g/mol. The van der Waals surface area contributed by atoms with Gasteiger partial charge < -0.3 is 10.2 Å². The molecule has 2 heterocycles. The molecule has 0 aliphatic carbocycles. The van der Waals surface area contributed by atoms with Crippen molar-refractivity contribution in [1.29, 1.82) is 0 Å². The molecule has 2 aliphatic rings. The van der Waals surface area contributed by atoms with E-state index in [2.05, 4.69) is 10.2 Å². The zero-order valence-corrected chi connectivity index (χ0v) is 10.5. The summed E-state index contributed by atoms with van der Waals surface area (Å²) in [6.07, 6.45) is 2.12. The average Bonchev–Trinajstić information content (AvgIpc) is 2.77. The molecule has 5 nitrogen and oxygen atoms in total. The molecular formula is C13H16FN3O2. The van der Waals surface area contributed by atoms with Crippen molar-refractivity contribution in [3.8, 4) is 0 Å². The van der Waals surface area contributed by atoms with E-state index in [-0.39, 0.29) is 11.7 Å². The van der Waals surface area contributed by atoms with Crippen LogP contribution in [0, 0.1) is 21.8 Å². The van der Waals surface area contributed by atoms with Crippen LogP contribution in [0.5, 0.6) is 0 Å². The van der Waals surface area contributed by atoms with E-state index in [4.69, 9.17) is 0 Å². The number of halogens is 1. The van der Waals surface area contributed by atoms with Gasteiger partial charge in [-0.15, -0.1) is 0 Å². The predicted octanol–water partition coefficient (Wildman–Crippen LogP) is 2.24. The standard InChI is InChI=1S/C13H16FN3O2/c14-10-1-2-12(13(7-10)17(18)19)15-11-4-6-16-5-3-9(11)8-16/h1-2,7,9,11,15H,3-6,8H2. The van der Waals surface area contributed by atoms with Gasteiger partial charge in [-0.05, 0) is 37.4 Å². The first kappa shape index (κ1) is 12.3. The summed E-state index contributed by atoms with van der Waals surface area (Å²) in [5.41, 5.74) is 0.247. The molecule has 1 aromatic carbocycles. The number of hydrogen-bond acceptors (Lipinski definition) is 4. The van der Waals surface area contributed by atoms with E-state index in [0.29, 0.717) is 11.6 Å². The molecule has 2 saturated heterocycles. The van der Waals surface area contributed by atoms with Gasteiger partial charge >= 0.3 is 0 Å². The number of nitrogens with zero attached hydrogens (tertiary/aromatic N) is 2. The Morgan fingerprint density at radius 2 is 2.16 bits per heavy atom. The largest absolute Gasteiger partial charge is 0.376 e. The summed E-state index contributed by atoms with van der Waals surface area (Å²) in [6, 6.07) is 3.96. The Morgan fingerprint density at radius 3 is 2.95 bits per heavy atom. The highest BCUT2D eigenvalue weighted by atomic mass is 19.1. The molecule has 1 N–H and O–H groups in total.